The Kier molecular flexibility index (Phi) is 5.16. The van der Waals surface area contributed by atoms with Gasteiger partial charge in [-0.2, -0.15) is 0 Å². The van der Waals surface area contributed by atoms with E-state index in [0.29, 0.717) is 21.8 Å². The zero-order valence-corrected chi connectivity index (χ0v) is 12.7. The predicted molar refractivity (Wildman–Crippen MR) is 86.0 cm³/mol. The zero-order valence-electron chi connectivity index (χ0n) is 11.2. The fourth-order valence-electron chi connectivity index (χ4n) is 1.99. The van der Waals surface area contributed by atoms with Crippen molar-refractivity contribution in [2.24, 2.45) is 0 Å². The smallest absolute Gasteiger partial charge is 0.115 e. The van der Waals surface area contributed by atoms with Gasteiger partial charge >= 0.3 is 0 Å². The Morgan fingerprint density at radius 2 is 1.80 bits per heavy atom. The second-order valence-corrected chi connectivity index (χ2v) is 5.72. The number of rotatable bonds is 5. The highest BCUT2D eigenvalue weighted by Crippen LogP contribution is 2.26. The van der Waals surface area contributed by atoms with Crippen molar-refractivity contribution in [1.82, 2.24) is 0 Å². The molecule has 0 spiro atoms. The lowest BCUT2D eigenvalue weighted by Gasteiger charge is -2.16. The summed E-state index contributed by atoms with van der Waals surface area (Å²) in [4.78, 5) is 0. The number of anilines is 1. The van der Waals surface area contributed by atoms with Crippen molar-refractivity contribution in [3.63, 3.8) is 0 Å². The average molecular weight is 310 g/mol. The van der Waals surface area contributed by atoms with E-state index in [1.807, 2.05) is 24.3 Å². The van der Waals surface area contributed by atoms with Crippen molar-refractivity contribution in [2.45, 2.75) is 25.8 Å². The van der Waals surface area contributed by atoms with Crippen molar-refractivity contribution >= 4 is 28.9 Å². The Labute approximate surface area is 129 Å². The maximum absolute atomic E-state index is 9.24. The van der Waals surface area contributed by atoms with Crippen molar-refractivity contribution in [1.29, 1.82) is 0 Å². The summed E-state index contributed by atoms with van der Waals surface area (Å²) in [6.07, 6.45) is 1.92. The van der Waals surface area contributed by atoms with E-state index in [-0.39, 0.29) is 0 Å². The fourth-order valence-corrected chi connectivity index (χ4v) is 2.45. The van der Waals surface area contributed by atoms with Crippen molar-refractivity contribution in [3.05, 3.63) is 58.1 Å². The normalized spacial score (nSPS) is 12.2. The van der Waals surface area contributed by atoms with E-state index >= 15 is 0 Å². The van der Waals surface area contributed by atoms with Crippen LogP contribution < -0.4 is 5.32 Å². The van der Waals surface area contributed by atoms with Gasteiger partial charge in [-0.1, -0.05) is 35.3 Å². The van der Waals surface area contributed by atoms with E-state index in [0.717, 1.165) is 18.5 Å². The molecule has 1 unspecified atom stereocenters. The van der Waals surface area contributed by atoms with Crippen LogP contribution in [0.25, 0.3) is 0 Å². The molecule has 2 N–H and O–H groups in total. The molecule has 4 heteroatoms. The first-order valence-corrected chi connectivity index (χ1v) is 7.29. The van der Waals surface area contributed by atoms with Crippen LogP contribution >= 0.6 is 23.2 Å². The number of aromatic hydroxyl groups is 1. The Balaban J connectivity index is 1.89. The standard InChI is InChI=1S/C16H17Cl2NO/c1-11(2-3-12-4-7-14(20)8-5-12)19-16-9-6-13(17)10-15(16)18/h4-11,19-20H,2-3H2,1H3. The molecule has 0 fully saturated rings. The number of aryl methyl sites for hydroxylation is 1. The molecule has 0 radical (unpaired) electrons. The summed E-state index contributed by atoms with van der Waals surface area (Å²) < 4.78 is 0. The molecule has 0 aliphatic heterocycles. The van der Waals surface area contributed by atoms with Gasteiger partial charge in [-0.25, -0.2) is 0 Å². The molecule has 2 aromatic rings. The van der Waals surface area contributed by atoms with Gasteiger partial charge in [0.25, 0.3) is 0 Å². The molecule has 0 bridgehead atoms. The number of hydrogen-bond donors (Lipinski definition) is 2. The Morgan fingerprint density at radius 3 is 2.45 bits per heavy atom. The maximum atomic E-state index is 9.24. The highest BCUT2D eigenvalue weighted by Gasteiger charge is 2.06. The molecule has 0 aromatic heterocycles. The molecular formula is C16H17Cl2NO. The highest BCUT2D eigenvalue weighted by atomic mass is 35.5. The number of halogens is 2. The molecule has 106 valence electrons. The molecule has 2 aromatic carbocycles. The second-order valence-electron chi connectivity index (χ2n) is 4.87. The third-order valence-electron chi connectivity index (χ3n) is 3.14. The summed E-state index contributed by atoms with van der Waals surface area (Å²) in [6, 6.07) is 13.0. The summed E-state index contributed by atoms with van der Waals surface area (Å²) >= 11 is 12.0. The molecule has 2 nitrogen and oxygen atoms in total. The quantitative estimate of drug-likeness (QED) is 0.802. The summed E-state index contributed by atoms with van der Waals surface area (Å²) in [6.45, 7) is 2.12. The Morgan fingerprint density at radius 1 is 1.10 bits per heavy atom. The van der Waals surface area contributed by atoms with Crippen LogP contribution in [0.4, 0.5) is 5.69 Å². The first-order chi connectivity index (χ1) is 9.54. The monoisotopic (exact) mass is 309 g/mol. The molecule has 20 heavy (non-hydrogen) atoms. The number of phenols is 1. The van der Waals surface area contributed by atoms with E-state index in [9.17, 15) is 5.11 Å². The number of phenolic OH excluding ortho intramolecular Hbond substituents is 1. The minimum absolute atomic E-state index is 0.294. The van der Waals surface area contributed by atoms with Gasteiger partial charge in [0.15, 0.2) is 0 Å². The van der Waals surface area contributed by atoms with Crippen LogP contribution in [0.3, 0.4) is 0 Å². The molecule has 1 atom stereocenters. The number of hydrogen-bond acceptors (Lipinski definition) is 2. The van der Waals surface area contributed by atoms with Crippen LogP contribution in [0, 0.1) is 0 Å². The van der Waals surface area contributed by atoms with Crippen molar-refractivity contribution < 1.29 is 5.11 Å². The van der Waals surface area contributed by atoms with E-state index in [1.165, 1.54) is 5.56 Å². The van der Waals surface area contributed by atoms with Gasteiger partial charge in [-0.15, -0.1) is 0 Å². The van der Waals surface area contributed by atoms with Gasteiger partial charge in [-0.05, 0) is 55.7 Å². The summed E-state index contributed by atoms with van der Waals surface area (Å²) in [5, 5.41) is 13.9. The van der Waals surface area contributed by atoms with Crippen LogP contribution in [0.1, 0.15) is 18.9 Å². The van der Waals surface area contributed by atoms with Crippen molar-refractivity contribution in [2.75, 3.05) is 5.32 Å². The summed E-state index contributed by atoms with van der Waals surface area (Å²) in [5.41, 5.74) is 2.10. The molecule has 0 aliphatic carbocycles. The van der Waals surface area contributed by atoms with Crippen LogP contribution in [-0.4, -0.2) is 11.1 Å². The molecule has 0 aliphatic rings. The van der Waals surface area contributed by atoms with E-state index < -0.39 is 0 Å². The van der Waals surface area contributed by atoms with E-state index in [1.54, 1.807) is 18.2 Å². The first-order valence-electron chi connectivity index (χ1n) is 6.54. The topological polar surface area (TPSA) is 32.3 Å². The number of nitrogens with one attached hydrogen (secondary N) is 1. The molecular weight excluding hydrogens is 293 g/mol. The van der Waals surface area contributed by atoms with Gasteiger partial charge < -0.3 is 10.4 Å². The lowest BCUT2D eigenvalue weighted by molar-refractivity contribution is 0.475. The van der Waals surface area contributed by atoms with Gasteiger partial charge in [0, 0.05) is 11.1 Å². The molecule has 0 saturated heterocycles. The van der Waals surface area contributed by atoms with Crippen LogP contribution in [0.5, 0.6) is 5.75 Å². The highest BCUT2D eigenvalue weighted by molar-refractivity contribution is 6.36. The van der Waals surface area contributed by atoms with E-state index in [4.69, 9.17) is 23.2 Å². The first kappa shape index (κ1) is 15.0. The maximum Gasteiger partial charge on any atom is 0.115 e. The van der Waals surface area contributed by atoms with Gasteiger partial charge in [0.1, 0.15) is 5.75 Å². The second kappa shape index (κ2) is 6.87. The largest absolute Gasteiger partial charge is 0.508 e. The third kappa shape index (κ3) is 4.32. The SMILES string of the molecule is CC(CCc1ccc(O)cc1)Nc1ccc(Cl)cc1Cl. The Hall–Kier alpha value is -1.38. The molecule has 2 rings (SSSR count). The lowest BCUT2D eigenvalue weighted by atomic mass is 10.1. The third-order valence-corrected chi connectivity index (χ3v) is 3.68. The van der Waals surface area contributed by atoms with Crippen LogP contribution in [0.2, 0.25) is 10.0 Å². The Bertz CT molecular complexity index is 569. The fraction of sp³-hybridized carbons (Fsp3) is 0.250. The van der Waals surface area contributed by atoms with Gasteiger partial charge in [0.2, 0.25) is 0 Å². The van der Waals surface area contributed by atoms with Gasteiger partial charge in [-0.3, -0.25) is 0 Å². The van der Waals surface area contributed by atoms with Gasteiger partial charge in [0.05, 0.1) is 10.7 Å². The number of benzene rings is 2. The van der Waals surface area contributed by atoms with Crippen LogP contribution in [-0.2, 0) is 6.42 Å². The van der Waals surface area contributed by atoms with E-state index in [2.05, 4.69) is 12.2 Å². The minimum atomic E-state index is 0.294. The minimum Gasteiger partial charge on any atom is -0.508 e. The summed E-state index contributed by atoms with van der Waals surface area (Å²) in [5.74, 6) is 0.299. The summed E-state index contributed by atoms with van der Waals surface area (Å²) in [7, 11) is 0. The predicted octanol–water partition coefficient (Wildman–Crippen LogP) is 5.13. The van der Waals surface area contributed by atoms with Crippen molar-refractivity contribution in [3.8, 4) is 5.75 Å². The lowest BCUT2D eigenvalue weighted by Crippen LogP contribution is -2.16. The molecule has 0 amide bonds. The van der Waals surface area contributed by atoms with Crippen LogP contribution in [0.15, 0.2) is 42.5 Å². The zero-order chi connectivity index (χ0) is 14.5. The molecule has 0 saturated carbocycles. The molecule has 0 heterocycles. The average Bonchev–Trinajstić information content (AvgIpc) is 2.41.